The molecule has 0 fully saturated rings. The molecule has 1 amide bonds. The number of hydrogen-bond donors (Lipinski definition) is 1. The highest BCUT2D eigenvalue weighted by atomic mass is 35.5. The molecule has 0 heterocycles. The molecule has 0 atom stereocenters. The zero-order valence-corrected chi connectivity index (χ0v) is 11.5. The van der Waals surface area contributed by atoms with E-state index in [1.165, 1.54) is 7.11 Å². The second kappa shape index (κ2) is 5.76. The van der Waals surface area contributed by atoms with Crippen molar-refractivity contribution in [2.75, 3.05) is 12.4 Å². The number of aryl methyl sites for hydroxylation is 1. The molecule has 4 heteroatoms. The van der Waals surface area contributed by atoms with Gasteiger partial charge in [0.15, 0.2) is 0 Å². The van der Waals surface area contributed by atoms with E-state index in [9.17, 15) is 4.79 Å². The van der Waals surface area contributed by atoms with Crippen molar-refractivity contribution in [3.8, 4) is 5.75 Å². The summed E-state index contributed by atoms with van der Waals surface area (Å²) < 4.78 is 5.05. The van der Waals surface area contributed by atoms with Crippen LogP contribution in [-0.2, 0) is 0 Å². The van der Waals surface area contributed by atoms with Gasteiger partial charge in [0.2, 0.25) is 0 Å². The van der Waals surface area contributed by atoms with Crippen LogP contribution in [0.25, 0.3) is 0 Å². The first-order valence-corrected chi connectivity index (χ1v) is 6.19. The Kier molecular flexibility index (Phi) is 4.07. The number of methoxy groups -OCH3 is 1. The van der Waals surface area contributed by atoms with E-state index in [1.807, 2.05) is 31.2 Å². The molecule has 0 aromatic heterocycles. The standard InChI is InChI=1S/C15H14ClNO2/c1-10-3-6-12(7-4-10)17-15(18)11-5-8-14(19-2)13(16)9-11/h3-9H,1-2H3,(H,17,18). The number of amides is 1. The molecule has 0 saturated carbocycles. The van der Waals surface area contributed by atoms with Crippen LogP contribution in [0.1, 0.15) is 15.9 Å². The minimum atomic E-state index is -0.201. The van der Waals surface area contributed by atoms with Crippen LogP contribution < -0.4 is 10.1 Å². The minimum Gasteiger partial charge on any atom is -0.495 e. The smallest absolute Gasteiger partial charge is 0.255 e. The lowest BCUT2D eigenvalue weighted by atomic mass is 10.2. The van der Waals surface area contributed by atoms with Crippen molar-refractivity contribution in [1.29, 1.82) is 0 Å². The number of carbonyl (C=O) groups is 1. The third kappa shape index (κ3) is 3.26. The van der Waals surface area contributed by atoms with Gasteiger partial charge in [0.25, 0.3) is 5.91 Å². The van der Waals surface area contributed by atoms with Crippen molar-refractivity contribution in [3.63, 3.8) is 0 Å². The van der Waals surface area contributed by atoms with Crippen LogP contribution in [0.2, 0.25) is 5.02 Å². The van der Waals surface area contributed by atoms with Crippen LogP contribution in [0.15, 0.2) is 42.5 Å². The lowest BCUT2D eigenvalue weighted by molar-refractivity contribution is 0.102. The second-order valence-corrected chi connectivity index (χ2v) is 4.58. The SMILES string of the molecule is COc1ccc(C(=O)Nc2ccc(C)cc2)cc1Cl. The molecule has 0 saturated heterocycles. The molecule has 0 radical (unpaired) electrons. The van der Waals surface area contributed by atoms with E-state index in [2.05, 4.69) is 5.32 Å². The zero-order chi connectivity index (χ0) is 13.8. The molecule has 0 unspecified atom stereocenters. The molecular formula is C15H14ClNO2. The van der Waals surface area contributed by atoms with E-state index < -0.39 is 0 Å². The minimum absolute atomic E-state index is 0.201. The summed E-state index contributed by atoms with van der Waals surface area (Å²) in [5, 5.41) is 3.23. The number of carbonyl (C=O) groups excluding carboxylic acids is 1. The van der Waals surface area contributed by atoms with E-state index >= 15 is 0 Å². The van der Waals surface area contributed by atoms with Gasteiger partial charge in [0.05, 0.1) is 12.1 Å². The number of rotatable bonds is 3. The van der Waals surface area contributed by atoms with Crippen molar-refractivity contribution < 1.29 is 9.53 Å². The summed E-state index contributed by atoms with van der Waals surface area (Å²) in [5.74, 6) is 0.349. The van der Waals surface area contributed by atoms with Crippen LogP contribution in [0.4, 0.5) is 5.69 Å². The van der Waals surface area contributed by atoms with Gasteiger partial charge in [-0.25, -0.2) is 0 Å². The number of ether oxygens (including phenoxy) is 1. The van der Waals surface area contributed by atoms with Crippen LogP contribution in [0.5, 0.6) is 5.75 Å². The first kappa shape index (κ1) is 13.4. The molecule has 1 N–H and O–H groups in total. The van der Waals surface area contributed by atoms with Gasteiger partial charge in [-0.1, -0.05) is 29.3 Å². The van der Waals surface area contributed by atoms with Crippen LogP contribution in [-0.4, -0.2) is 13.0 Å². The first-order valence-electron chi connectivity index (χ1n) is 5.81. The molecule has 2 aromatic carbocycles. The maximum Gasteiger partial charge on any atom is 0.255 e. The van der Waals surface area contributed by atoms with Gasteiger partial charge in [0.1, 0.15) is 5.75 Å². The lowest BCUT2D eigenvalue weighted by Crippen LogP contribution is -2.11. The Bertz CT molecular complexity index is 594. The topological polar surface area (TPSA) is 38.3 Å². The van der Waals surface area contributed by atoms with Gasteiger partial charge in [0, 0.05) is 11.3 Å². The Morgan fingerprint density at radius 2 is 1.84 bits per heavy atom. The zero-order valence-electron chi connectivity index (χ0n) is 10.7. The monoisotopic (exact) mass is 275 g/mol. The third-order valence-electron chi connectivity index (χ3n) is 2.72. The predicted octanol–water partition coefficient (Wildman–Crippen LogP) is 3.91. The van der Waals surface area contributed by atoms with Gasteiger partial charge < -0.3 is 10.1 Å². The normalized spacial score (nSPS) is 10.1. The van der Waals surface area contributed by atoms with E-state index in [0.717, 1.165) is 11.3 Å². The molecule has 0 bridgehead atoms. The lowest BCUT2D eigenvalue weighted by Gasteiger charge is -2.07. The van der Waals surface area contributed by atoms with Crippen molar-refractivity contribution in [1.82, 2.24) is 0 Å². The highest BCUT2D eigenvalue weighted by molar-refractivity contribution is 6.32. The van der Waals surface area contributed by atoms with Crippen LogP contribution in [0.3, 0.4) is 0 Å². The van der Waals surface area contributed by atoms with Crippen molar-refractivity contribution in [2.24, 2.45) is 0 Å². The van der Waals surface area contributed by atoms with Gasteiger partial charge in [-0.05, 0) is 37.3 Å². The second-order valence-electron chi connectivity index (χ2n) is 4.17. The Balaban J connectivity index is 2.16. The summed E-state index contributed by atoms with van der Waals surface area (Å²) in [6, 6.07) is 12.5. The molecule has 2 rings (SSSR count). The molecule has 0 aliphatic heterocycles. The molecule has 0 aliphatic carbocycles. The fourth-order valence-electron chi connectivity index (χ4n) is 1.65. The Morgan fingerprint density at radius 3 is 2.42 bits per heavy atom. The largest absolute Gasteiger partial charge is 0.495 e. The number of hydrogen-bond acceptors (Lipinski definition) is 2. The first-order chi connectivity index (χ1) is 9.10. The summed E-state index contributed by atoms with van der Waals surface area (Å²) in [4.78, 5) is 12.0. The summed E-state index contributed by atoms with van der Waals surface area (Å²) in [6.07, 6.45) is 0. The maximum atomic E-state index is 12.0. The highest BCUT2D eigenvalue weighted by Crippen LogP contribution is 2.25. The summed E-state index contributed by atoms with van der Waals surface area (Å²) in [7, 11) is 1.53. The van der Waals surface area contributed by atoms with Crippen LogP contribution >= 0.6 is 11.6 Å². The Morgan fingerprint density at radius 1 is 1.16 bits per heavy atom. The number of anilines is 1. The fourth-order valence-corrected chi connectivity index (χ4v) is 1.91. The van der Waals surface area contributed by atoms with Gasteiger partial charge in [-0.3, -0.25) is 4.79 Å². The number of halogens is 1. The average molecular weight is 276 g/mol. The van der Waals surface area contributed by atoms with E-state index in [1.54, 1.807) is 18.2 Å². The molecule has 2 aromatic rings. The molecule has 3 nitrogen and oxygen atoms in total. The van der Waals surface area contributed by atoms with E-state index in [4.69, 9.17) is 16.3 Å². The number of nitrogens with one attached hydrogen (secondary N) is 1. The average Bonchev–Trinajstić information content (AvgIpc) is 2.41. The quantitative estimate of drug-likeness (QED) is 0.922. The van der Waals surface area contributed by atoms with Gasteiger partial charge in [-0.2, -0.15) is 0 Å². The maximum absolute atomic E-state index is 12.0. The van der Waals surface area contributed by atoms with Crippen molar-refractivity contribution in [3.05, 3.63) is 58.6 Å². The summed E-state index contributed by atoms with van der Waals surface area (Å²) >= 11 is 5.99. The number of benzene rings is 2. The van der Waals surface area contributed by atoms with E-state index in [0.29, 0.717) is 16.3 Å². The molecule has 19 heavy (non-hydrogen) atoms. The predicted molar refractivity (Wildman–Crippen MR) is 77.1 cm³/mol. The van der Waals surface area contributed by atoms with Gasteiger partial charge in [-0.15, -0.1) is 0 Å². The fraction of sp³-hybridized carbons (Fsp3) is 0.133. The van der Waals surface area contributed by atoms with Crippen LogP contribution in [0, 0.1) is 6.92 Å². The summed E-state index contributed by atoms with van der Waals surface area (Å²) in [5.41, 5.74) is 2.39. The van der Waals surface area contributed by atoms with Gasteiger partial charge >= 0.3 is 0 Å². The van der Waals surface area contributed by atoms with Crippen molar-refractivity contribution in [2.45, 2.75) is 6.92 Å². The Labute approximate surface area is 117 Å². The Hall–Kier alpha value is -2.00. The van der Waals surface area contributed by atoms with Crippen molar-refractivity contribution >= 4 is 23.2 Å². The molecular weight excluding hydrogens is 262 g/mol. The third-order valence-corrected chi connectivity index (χ3v) is 3.02. The summed E-state index contributed by atoms with van der Waals surface area (Å²) in [6.45, 7) is 1.99. The molecule has 98 valence electrons. The highest BCUT2D eigenvalue weighted by Gasteiger charge is 2.09. The molecule has 0 spiro atoms. The molecule has 0 aliphatic rings. The van der Waals surface area contributed by atoms with E-state index in [-0.39, 0.29) is 5.91 Å².